The molecule has 1 aromatic carbocycles. The Labute approximate surface area is 158 Å². The lowest BCUT2D eigenvalue weighted by atomic mass is 9.96. The summed E-state index contributed by atoms with van der Waals surface area (Å²) in [4.78, 5) is 24.1. The average molecular weight is 378 g/mol. The van der Waals surface area contributed by atoms with Gasteiger partial charge in [-0.2, -0.15) is 0 Å². The van der Waals surface area contributed by atoms with E-state index in [-0.39, 0.29) is 22.9 Å². The Bertz CT molecular complexity index is 884. The summed E-state index contributed by atoms with van der Waals surface area (Å²) in [6.07, 6.45) is 0.549. The summed E-state index contributed by atoms with van der Waals surface area (Å²) < 4.78 is 21.3. The van der Waals surface area contributed by atoms with Crippen molar-refractivity contribution < 1.29 is 19.0 Å². The largest absolute Gasteiger partial charge is 0.491 e. The summed E-state index contributed by atoms with van der Waals surface area (Å²) in [5.74, 6) is -0.0751. The molecule has 0 bridgehead atoms. The minimum absolute atomic E-state index is 0.0740. The van der Waals surface area contributed by atoms with Crippen LogP contribution in [0, 0.1) is 11.2 Å². The molecule has 0 unspecified atom stereocenters. The van der Waals surface area contributed by atoms with E-state index in [2.05, 4.69) is 5.32 Å². The SMILES string of the molecule is CCCCOc1c(CNC(=O)O)n(CC(C)(C)C)c(=O)c2cc(F)ccc12. The molecule has 0 fully saturated rings. The second kappa shape index (κ2) is 8.41. The third-order valence-electron chi connectivity index (χ3n) is 4.07. The van der Waals surface area contributed by atoms with Crippen LogP contribution in [0.1, 0.15) is 46.2 Å². The lowest BCUT2D eigenvalue weighted by Crippen LogP contribution is -2.33. The number of carboxylic acid groups (broad SMARTS) is 1. The molecule has 1 amide bonds. The number of nitrogens with zero attached hydrogens (tertiary/aromatic N) is 1. The van der Waals surface area contributed by atoms with Gasteiger partial charge in [0.15, 0.2) is 0 Å². The summed E-state index contributed by atoms with van der Waals surface area (Å²) in [7, 11) is 0. The average Bonchev–Trinajstić information content (AvgIpc) is 2.56. The van der Waals surface area contributed by atoms with Crippen molar-refractivity contribution in [1.82, 2.24) is 9.88 Å². The van der Waals surface area contributed by atoms with Crippen molar-refractivity contribution in [1.29, 1.82) is 0 Å². The van der Waals surface area contributed by atoms with Crippen molar-refractivity contribution in [2.75, 3.05) is 6.61 Å². The third kappa shape index (κ3) is 5.21. The van der Waals surface area contributed by atoms with Gasteiger partial charge in [-0.15, -0.1) is 0 Å². The van der Waals surface area contributed by atoms with Gasteiger partial charge in [-0.3, -0.25) is 4.79 Å². The number of nitrogens with one attached hydrogen (secondary N) is 1. The van der Waals surface area contributed by atoms with E-state index in [9.17, 15) is 14.0 Å². The smallest absolute Gasteiger partial charge is 0.404 e. The van der Waals surface area contributed by atoms with Crippen LogP contribution in [-0.4, -0.2) is 22.4 Å². The molecule has 0 aliphatic heterocycles. The van der Waals surface area contributed by atoms with Gasteiger partial charge in [0, 0.05) is 11.9 Å². The first-order valence-electron chi connectivity index (χ1n) is 9.08. The maximum atomic E-state index is 13.8. The maximum absolute atomic E-state index is 13.8. The number of carbonyl (C=O) groups is 1. The van der Waals surface area contributed by atoms with Crippen LogP contribution >= 0.6 is 0 Å². The molecule has 2 rings (SSSR count). The highest BCUT2D eigenvalue weighted by molar-refractivity contribution is 5.88. The molecule has 0 aliphatic carbocycles. The van der Waals surface area contributed by atoms with Gasteiger partial charge < -0.3 is 19.7 Å². The molecular weight excluding hydrogens is 351 g/mol. The highest BCUT2D eigenvalue weighted by Crippen LogP contribution is 2.30. The van der Waals surface area contributed by atoms with Gasteiger partial charge in [-0.1, -0.05) is 34.1 Å². The van der Waals surface area contributed by atoms with E-state index < -0.39 is 11.9 Å². The molecule has 0 radical (unpaired) electrons. The van der Waals surface area contributed by atoms with Gasteiger partial charge in [0.2, 0.25) is 0 Å². The second-order valence-corrected chi connectivity index (χ2v) is 7.78. The topological polar surface area (TPSA) is 80.6 Å². The Hall–Kier alpha value is -2.57. The number of fused-ring (bicyclic) bond motifs is 1. The summed E-state index contributed by atoms with van der Waals surface area (Å²) in [6.45, 7) is 8.65. The van der Waals surface area contributed by atoms with Crippen molar-refractivity contribution in [2.45, 2.75) is 53.6 Å². The highest BCUT2D eigenvalue weighted by atomic mass is 19.1. The van der Waals surface area contributed by atoms with Crippen molar-refractivity contribution in [3.63, 3.8) is 0 Å². The molecule has 6 nitrogen and oxygen atoms in total. The molecule has 0 aliphatic rings. The normalized spacial score (nSPS) is 11.6. The molecular formula is C20H27FN2O4. The quantitative estimate of drug-likeness (QED) is 0.710. The molecule has 0 saturated carbocycles. The summed E-state index contributed by atoms with van der Waals surface area (Å²) in [6, 6.07) is 3.99. The lowest BCUT2D eigenvalue weighted by molar-refractivity contribution is 0.193. The molecule has 0 spiro atoms. The molecule has 2 aromatic rings. The van der Waals surface area contributed by atoms with E-state index in [0.717, 1.165) is 12.8 Å². The zero-order chi connectivity index (χ0) is 20.2. The van der Waals surface area contributed by atoms with E-state index in [0.29, 0.717) is 30.0 Å². The van der Waals surface area contributed by atoms with Gasteiger partial charge in [0.1, 0.15) is 11.6 Å². The predicted octanol–water partition coefficient (Wildman–Crippen LogP) is 4.13. The number of rotatable bonds is 7. The van der Waals surface area contributed by atoms with Crippen molar-refractivity contribution in [3.8, 4) is 5.75 Å². The van der Waals surface area contributed by atoms with Gasteiger partial charge in [0.05, 0.1) is 24.2 Å². The molecule has 0 saturated heterocycles. The number of pyridine rings is 1. The molecule has 1 heterocycles. The first kappa shape index (κ1) is 20.7. The zero-order valence-electron chi connectivity index (χ0n) is 16.3. The Balaban J connectivity index is 2.75. The molecule has 0 atom stereocenters. The van der Waals surface area contributed by atoms with Crippen LogP contribution in [0.4, 0.5) is 9.18 Å². The fourth-order valence-electron chi connectivity index (χ4n) is 2.89. The number of benzene rings is 1. The third-order valence-corrected chi connectivity index (χ3v) is 4.07. The first-order chi connectivity index (χ1) is 12.6. The van der Waals surface area contributed by atoms with Gasteiger partial charge >= 0.3 is 6.09 Å². The number of ether oxygens (including phenoxy) is 1. The number of aromatic nitrogens is 1. The van der Waals surface area contributed by atoms with Crippen LogP contribution in [0.2, 0.25) is 0 Å². The molecule has 27 heavy (non-hydrogen) atoms. The van der Waals surface area contributed by atoms with Gasteiger partial charge in [0.25, 0.3) is 5.56 Å². The lowest BCUT2D eigenvalue weighted by Gasteiger charge is -2.25. The summed E-state index contributed by atoms with van der Waals surface area (Å²) in [5.41, 5.74) is -0.152. The summed E-state index contributed by atoms with van der Waals surface area (Å²) in [5, 5.41) is 12.1. The second-order valence-electron chi connectivity index (χ2n) is 7.78. The van der Waals surface area contributed by atoms with Crippen LogP contribution < -0.4 is 15.6 Å². The Kier molecular flexibility index (Phi) is 6.46. The summed E-state index contributed by atoms with van der Waals surface area (Å²) >= 11 is 0. The minimum Gasteiger partial charge on any atom is -0.491 e. The van der Waals surface area contributed by atoms with Crippen molar-refractivity contribution in [3.05, 3.63) is 40.1 Å². The number of halogens is 1. The molecule has 1 aromatic heterocycles. The molecule has 148 valence electrons. The first-order valence-corrected chi connectivity index (χ1v) is 9.08. The standard InChI is InChI=1S/C20H27FN2O4/c1-5-6-9-27-17-14-8-7-13(21)10-15(14)18(24)23(12-20(2,3)4)16(17)11-22-19(25)26/h7-8,10,22H,5-6,9,11-12H2,1-4H3,(H,25,26). The van der Waals surface area contributed by atoms with E-state index >= 15 is 0 Å². The fourth-order valence-corrected chi connectivity index (χ4v) is 2.89. The number of hydrogen-bond donors (Lipinski definition) is 2. The molecule has 7 heteroatoms. The Morgan fingerprint density at radius 1 is 1.30 bits per heavy atom. The Morgan fingerprint density at radius 3 is 2.59 bits per heavy atom. The zero-order valence-corrected chi connectivity index (χ0v) is 16.3. The van der Waals surface area contributed by atoms with Gasteiger partial charge in [-0.25, -0.2) is 9.18 Å². The fraction of sp³-hybridized carbons (Fsp3) is 0.500. The van der Waals surface area contributed by atoms with E-state index in [4.69, 9.17) is 9.84 Å². The molecule has 2 N–H and O–H groups in total. The minimum atomic E-state index is -1.19. The van der Waals surface area contributed by atoms with Crippen LogP contribution in [0.15, 0.2) is 23.0 Å². The van der Waals surface area contributed by atoms with E-state index in [1.807, 2.05) is 27.7 Å². The van der Waals surface area contributed by atoms with Crippen LogP contribution in [0.5, 0.6) is 5.75 Å². The predicted molar refractivity (Wildman–Crippen MR) is 103 cm³/mol. The van der Waals surface area contributed by atoms with Crippen molar-refractivity contribution >= 4 is 16.9 Å². The van der Waals surface area contributed by atoms with Crippen molar-refractivity contribution in [2.24, 2.45) is 5.41 Å². The van der Waals surface area contributed by atoms with Gasteiger partial charge in [-0.05, 0) is 30.0 Å². The number of unbranched alkanes of at least 4 members (excludes halogenated alkanes) is 1. The number of amides is 1. The number of hydrogen-bond acceptors (Lipinski definition) is 3. The monoisotopic (exact) mass is 378 g/mol. The van der Waals surface area contributed by atoms with Crippen LogP contribution in [0.3, 0.4) is 0 Å². The van der Waals surface area contributed by atoms with E-state index in [1.54, 1.807) is 0 Å². The Morgan fingerprint density at radius 2 is 2.00 bits per heavy atom. The van der Waals surface area contributed by atoms with Crippen LogP contribution in [0.25, 0.3) is 10.8 Å². The maximum Gasteiger partial charge on any atom is 0.404 e. The van der Waals surface area contributed by atoms with E-state index in [1.165, 1.54) is 22.8 Å². The highest BCUT2D eigenvalue weighted by Gasteiger charge is 2.22. The van der Waals surface area contributed by atoms with Crippen LogP contribution in [-0.2, 0) is 13.1 Å².